The molecule has 0 aromatic rings. The Morgan fingerprint density at radius 1 is 1.27 bits per heavy atom. The molecule has 64 valence electrons. The largest absolute Gasteiger partial charge is 0.393 e. The van der Waals surface area contributed by atoms with Crippen LogP contribution in [0.1, 0.15) is 26.2 Å². The van der Waals surface area contributed by atoms with Gasteiger partial charge in [0.15, 0.2) is 0 Å². The number of nitrogens with one attached hydrogen (secondary N) is 1. The van der Waals surface area contributed by atoms with Gasteiger partial charge < -0.3 is 10.4 Å². The fourth-order valence-corrected chi connectivity index (χ4v) is 2.66. The summed E-state index contributed by atoms with van der Waals surface area (Å²) in [6.07, 6.45) is 3.53. The molecule has 1 saturated heterocycles. The van der Waals surface area contributed by atoms with Gasteiger partial charge in [-0.1, -0.05) is 6.42 Å². The Balaban J connectivity index is 2.07. The summed E-state index contributed by atoms with van der Waals surface area (Å²) in [5, 5.41) is 13.1. The number of aliphatic hydroxyl groups is 1. The van der Waals surface area contributed by atoms with Gasteiger partial charge in [-0.25, -0.2) is 0 Å². The SMILES string of the molecule is CC1NCC2C(O)CCCC12. The first kappa shape index (κ1) is 7.56. The van der Waals surface area contributed by atoms with Crippen molar-refractivity contribution in [3.8, 4) is 0 Å². The second kappa shape index (κ2) is 2.76. The molecule has 2 rings (SSSR count). The molecule has 0 bridgehead atoms. The minimum absolute atomic E-state index is 0.0220. The molecule has 0 spiro atoms. The number of aliphatic hydroxyl groups excluding tert-OH is 1. The maximum atomic E-state index is 9.66. The predicted octanol–water partition coefficient (Wildman–Crippen LogP) is 0.755. The standard InChI is InChI=1S/C9H17NO/c1-6-7-3-2-4-9(11)8(7)5-10-6/h6-11H,2-5H2,1H3. The van der Waals surface area contributed by atoms with E-state index in [9.17, 15) is 5.11 Å². The average molecular weight is 155 g/mol. The number of rotatable bonds is 0. The van der Waals surface area contributed by atoms with Crippen LogP contribution in [0.3, 0.4) is 0 Å². The average Bonchev–Trinajstić information content (AvgIpc) is 2.35. The molecule has 1 heterocycles. The maximum absolute atomic E-state index is 9.66. The van der Waals surface area contributed by atoms with Crippen molar-refractivity contribution >= 4 is 0 Å². The zero-order chi connectivity index (χ0) is 7.84. The third-order valence-electron chi connectivity index (χ3n) is 3.40. The molecule has 2 fully saturated rings. The van der Waals surface area contributed by atoms with Gasteiger partial charge in [0.1, 0.15) is 0 Å². The Bertz CT molecular complexity index is 146. The molecule has 0 aromatic carbocycles. The highest BCUT2D eigenvalue weighted by molar-refractivity contribution is 4.93. The molecule has 1 aliphatic heterocycles. The van der Waals surface area contributed by atoms with Crippen LogP contribution in [0.25, 0.3) is 0 Å². The first-order chi connectivity index (χ1) is 5.29. The third-order valence-corrected chi connectivity index (χ3v) is 3.40. The minimum Gasteiger partial charge on any atom is -0.393 e. The van der Waals surface area contributed by atoms with E-state index in [0.29, 0.717) is 12.0 Å². The molecular formula is C9H17NO. The van der Waals surface area contributed by atoms with Crippen molar-refractivity contribution < 1.29 is 5.11 Å². The summed E-state index contributed by atoms with van der Waals surface area (Å²) < 4.78 is 0. The molecule has 2 nitrogen and oxygen atoms in total. The second-order valence-electron chi connectivity index (χ2n) is 4.02. The monoisotopic (exact) mass is 155 g/mol. The van der Waals surface area contributed by atoms with E-state index >= 15 is 0 Å². The van der Waals surface area contributed by atoms with Crippen LogP contribution in [0.5, 0.6) is 0 Å². The summed E-state index contributed by atoms with van der Waals surface area (Å²) in [5.41, 5.74) is 0. The lowest BCUT2D eigenvalue weighted by Crippen LogP contribution is -2.32. The lowest BCUT2D eigenvalue weighted by atomic mass is 9.77. The van der Waals surface area contributed by atoms with Crippen LogP contribution < -0.4 is 5.32 Å². The van der Waals surface area contributed by atoms with E-state index in [0.717, 1.165) is 18.9 Å². The summed E-state index contributed by atoms with van der Waals surface area (Å²) in [5.74, 6) is 1.30. The van der Waals surface area contributed by atoms with E-state index < -0.39 is 0 Å². The van der Waals surface area contributed by atoms with Gasteiger partial charge in [0, 0.05) is 18.5 Å². The van der Waals surface area contributed by atoms with Crippen LogP contribution >= 0.6 is 0 Å². The lowest BCUT2D eigenvalue weighted by molar-refractivity contribution is 0.0512. The molecule has 4 atom stereocenters. The molecule has 2 N–H and O–H groups in total. The smallest absolute Gasteiger partial charge is 0.0583 e. The van der Waals surface area contributed by atoms with Crippen LogP contribution in [-0.4, -0.2) is 23.8 Å². The Labute approximate surface area is 68.0 Å². The quantitative estimate of drug-likeness (QED) is 0.541. The van der Waals surface area contributed by atoms with Gasteiger partial charge in [-0.2, -0.15) is 0 Å². The van der Waals surface area contributed by atoms with Crippen LogP contribution in [0.2, 0.25) is 0 Å². The summed E-state index contributed by atoms with van der Waals surface area (Å²) in [6, 6.07) is 0.634. The Hall–Kier alpha value is -0.0800. The fraction of sp³-hybridized carbons (Fsp3) is 1.00. The first-order valence-corrected chi connectivity index (χ1v) is 4.70. The normalized spacial score (nSPS) is 50.7. The molecule has 2 heteroatoms. The molecule has 4 unspecified atom stereocenters. The van der Waals surface area contributed by atoms with Gasteiger partial charge in [-0.3, -0.25) is 0 Å². The molecule has 11 heavy (non-hydrogen) atoms. The molecule has 0 amide bonds. The van der Waals surface area contributed by atoms with E-state index in [1.165, 1.54) is 12.8 Å². The molecule has 2 aliphatic rings. The van der Waals surface area contributed by atoms with Crippen molar-refractivity contribution in [2.75, 3.05) is 6.54 Å². The molecular weight excluding hydrogens is 138 g/mol. The van der Waals surface area contributed by atoms with Crippen molar-refractivity contribution in [1.82, 2.24) is 5.32 Å². The van der Waals surface area contributed by atoms with Crippen LogP contribution in [0.15, 0.2) is 0 Å². The Morgan fingerprint density at radius 2 is 2.09 bits per heavy atom. The predicted molar refractivity (Wildman–Crippen MR) is 44.3 cm³/mol. The van der Waals surface area contributed by atoms with E-state index in [-0.39, 0.29) is 6.10 Å². The molecule has 1 aliphatic carbocycles. The fourth-order valence-electron chi connectivity index (χ4n) is 2.66. The summed E-state index contributed by atoms with van der Waals surface area (Å²) in [6.45, 7) is 3.27. The van der Waals surface area contributed by atoms with Crippen LogP contribution in [-0.2, 0) is 0 Å². The van der Waals surface area contributed by atoms with E-state index in [4.69, 9.17) is 0 Å². The van der Waals surface area contributed by atoms with Gasteiger partial charge in [-0.15, -0.1) is 0 Å². The first-order valence-electron chi connectivity index (χ1n) is 4.70. The summed E-state index contributed by atoms with van der Waals surface area (Å²) in [4.78, 5) is 0. The highest BCUT2D eigenvalue weighted by Gasteiger charge is 2.39. The highest BCUT2D eigenvalue weighted by Crippen LogP contribution is 2.35. The molecule has 1 saturated carbocycles. The van der Waals surface area contributed by atoms with Gasteiger partial charge in [0.05, 0.1) is 6.10 Å². The van der Waals surface area contributed by atoms with Crippen molar-refractivity contribution in [3.05, 3.63) is 0 Å². The maximum Gasteiger partial charge on any atom is 0.0583 e. The van der Waals surface area contributed by atoms with Gasteiger partial charge in [0.25, 0.3) is 0 Å². The van der Waals surface area contributed by atoms with Crippen molar-refractivity contribution in [2.24, 2.45) is 11.8 Å². The zero-order valence-electron chi connectivity index (χ0n) is 7.09. The second-order valence-corrected chi connectivity index (χ2v) is 4.02. The number of fused-ring (bicyclic) bond motifs is 1. The molecule has 0 radical (unpaired) electrons. The van der Waals surface area contributed by atoms with E-state index in [1.54, 1.807) is 0 Å². The highest BCUT2D eigenvalue weighted by atomic mass is 16.3. The van der Waals surface area contributed by atoms with Crippen molar-refractivity contribution in [1.29, 1.82) is 0 Å². The van der Waals surface area contributed by atoms with Crippen molar-refractivity contribution in [3.63, 3.8) is 0 Å². The molecule has 0 aromatic heterocycles. The minimum atomic E-state index is -0.0220. The third kappa shape index (κ3) is 1.18. The number of hydrogen-bond acceptors (Lipinski definition) is 2. The van der Waals surface area contributed by atoms with Gasteiger partial charge in [0.2, 0.25) is 0 Å². The lowest BCUT2D eigenvalue weighted by Gasteiger charge is -2.31. The van der Waals surface area contributed by atoms with Crippen molar-refractivity contribution in [2.45, 2.75) is 38.3 Å². The van der Waals surface area contributed by atoms with Gasteiger partial charge in [-0.05, 0) is 25.7 Å². The zero-order valence-corrected chi connectivity index (χ0v) is 7.09. The number of hydrogen-bond donors (Lipinski definition) is 2. The van der Waals surface area contributed by atoms with E-state index in [2.05, 4.69) is 12.2 Å². The Morgan fingerprint density at radius 3 is 2.82 bits per heavy atom. The van der Waals surface area contributed by atoms with E-state index in [1.807, 2.05) is 0 Å². The summed E-state index contributed by atoms with van der Waals surface area (Å²) >= 11 is 0. The summed E-state index contributed by atoms with van der Waals surface area (Å²) in [7, 11) is 0. The van der Waals surface area contributed by atoms with Gasteiger partial charge >= 0.3 is 0 Å². The van der Waals surface area contributed by atoms with Crippen LogP contribution in [0.4, 0.5) is 0 Å². The Kier molecular flexibility index (Phi) is 1.90. The topological polar surface area (TPSA) is 32.3 Å². The van der Waals surface area contributed by atoms with Crippen LogP contribution in [0, 0.1) is 11.8 Å².